The molecule has 0 saturated carbocycles. The van der Waals surface area contributed by atoms with Crippen molar-refractivity contribution in [3.8, 4) is 0 Å². The molecule has 0 aromatic heterocycles. The van der Waals surface area contributed by atoms with Gasteiger partial charge in [0.25, 0.3) is 5.91 Å². The lowest BCUT2D eigenvalue weighted by Gasteiger charge is -2.30. The number of rotatable bonds is 7. The van der Waals surface area contributed by atoms with Crippen LogP contribution < -0.4 is 10.6 Å². The minimum absolute atomic E-state index is 0.133. The van der Waals surface area contributed by atoms with Crippen LogP contribution in [0, 0.1) is 5.92 Å². The SMILES string of the molecule is CC1CCN(CCCNC(=O)C(C)NC(=O)c2ccccc2)CC1. The summed E-state index contributed by atoms with van der Waals surface area (Å²) >= 11 is 0. The molecule has 1 aromatic rings. The van der Waals surface area contributed by atoms with Gasteiger partial charge in [0, 0.05) is 12.1 Å². The average molecular weight is 331 g/mol. The Balaban J connectivity index is 1.62. The minimum Gasteiger partial charge on any atom is -0.354 e. The van der Waals surface area contributed by atoms with Gasteiger partial charge in [-0.1, -0.05) is 25.1 Å². The van der Waals surface area contributed by atoms with Gasteiger partial charge in [-0.2, -0.15) is 0 Å². The molecule has 1 aliphatic rings. The van der Waals surface area contributed by atoms with E-state index in [2.05, 4.69) is 22.5 Å². The molecule has 132 valence electrons. The highest BCUT2D eigenvalue weighted by molar-refractivity contribution is 5.97. The van der Waals surface area contributed by atoms with Crippen LogP contribution in [-0.4, -0.2) is 48.9 Å². The minimum atomic E-state index is -0.534. The fourth-order valence-electron chi connectivity index (χ4n) is 2.89. The van der Waals surface area contributed by atoms with Crippen molar-refractivity contribution in [3.63, 3.8) is 0 Å². The van der Waals surface area contributed by atoms with Crippen molar-refractivity contribution >= 4 is 11.8 Å². The molecule has 5 nitrogen and oxygen atoms in total. The fourth-order valence-corrected chi connectivity index (χ4v) is 2.89. The molecule has 1 fully saturated rings. The van der Waals surface area contributed by atoms with Crippen LogP contribution in [0.15, 0.2) is 30.3 Å². The molecule has 1 atom stereocenters. The van der Waals surface area contributed by atoms with E-state index in [0.717, 1.165) is 18.9 Å². The monoisotopic (exact) mass is 331 g/mol. The highest BCUT2D eigenvalue weighted by atomic mass is 16.2. The number of amides is 2. The molecule has 2 N–H and O–H groups in total. The van der Waals surface area contributed by atoms with Gasteiger partial charge in [-0.25, -0.2) is 0 Å². The van der Waals surface area contributed by atoms with Gasteiger partial charge in [0.2, 0.25) is 5.91 Å². The predicted octanol–water partition coefficient (Wildman–Crippen LogP) is 2.04. The maximum atomic E-state index is 12.1. The Morgan fingerprint density at radius 3 is 2.54 bits per heavy atom. The molecule has 1 aromatic carbocycles. The third kappa shape index (κ3) is 5.96. The maximum absolute atomic E-state index is 12.1. The molecule has 0 spiro atoms. The zero-order valence-corrected chi connectivity index (χ0v) is 14.8. The summed E-state index contributed by atoms with van der Waals surface area (Å²) in [7, 11) is 0. The summed E-state index contributed by atoms with van der Waals surface area (Å²) in [6.45, 7) is 8.02. The summed E-state index contributed by atoms with van der Waals surface area (Å²) in [5, 5.41) is 5.64. The molecule has 1 saturated heterocycles. The van der Waals surface area contributed by atoms with Crippen molar-refractivity contribution in [1.82, 2.24) is 15.5 Å². The molecule has 2 rings (SSSR count). The Labute approximate surface area is 144 Å². The second kappa shape index (κ2) is 9.42. The first-order valence-electron chi connectivity index (χ1n) is 8.92. The van der Waals surface area contributed by atoms with Gasteiger partial charge in [0.05, 0.1) is 0 Å². The van der Waals surface area contributed by atoms with Gasteiger partial charge in [-0.05, 0) is 63.9 Å². The molecule has 0 bridgehead atoms. The van der Waals surface area contributed by atoms with Crippen LogP contribution >= 0.6 is 0 Å². The van der Waals surface area contributed by atoms with E-state index in [-0.39, 0.29) is 11.8 Å². The zero-order chi connectivity index (χ0) is 17.4. The number of hydrogen-bond acceptors (Lipinski definition) is 3. The maximum Gasteiger partial charge on any atom is 0.251 e. The van der Waals surface area contributed by atoms with Gasteiger partial charge < -0.3 is 15.5 Å². The van der Waals surface area contributed by atoms with E-state index in [4.69, 9.17) is 0 Å². The molecule has 5 heteroatoms. The Kier molecular flexibility index (Phi) is 7.25. The van der Waals surface area contributed by atoms with Crippen molar-refractivity contribution in [1.29, 1.82) is 0 Å². The molecule has 0 radical (unpaired) electrons. The molecular formula is C19H29N3O2. The Bertz CT molecular complexity index is 525. The van der Waals surface area contributed by atoms with Gasteiger partial charge in [0.1, 0.15) is 6.04 Å². The van der Waals surface area contributed by atoms with E-state index < -0.39 is 6.04 Å². The number of carbonyl (C=O) groups excluding carboxylic acids is 2. The van der Waals surface area contributed by atoms with Crippen molar-refractivity contribution in [2.24, 2.45) is 5.92 Å². The lowest BCUT2D eigenvalue weighted by molar-refractivity contribution is -0.122. The van der Waals surface area contributed by atoms with Crippen LogP contribution in [0.3, 0.4) is 0 Å². The number of nitrogens with zero attached hydrogens (tertiary/aromatic N) is 1. The van der Waals surface area contributed by atoms with Crippen LogP contribution in [0.5, 0.6) is 0 Å². The van der Waals surface area contributed by atoms with E-state index >= 15 is 0 Å². The number of likely N-dealkylation sites (tertiary alicyclic amines) is 1. The highest BCUT2D eigenvalue weighted by Crippen LogP contribution is 2.15. The molecular weight excluding hydrogens is 302 g/mol. The van der Waals surface area contributed by atoms with Crippen LogP contribution in [0.1, 0.15) is 43.5 Å². The van der Waals surface area contributed by atoms with Gasteiger partial charge >= 0.3 is 0 Å². The number of benzene rings is 1. The summed E-state index contributed by atoms with van der Waals surface area (Å²) in [5.74, 6) is 0.488. The largest absolute Gasteiger partial charge is 0.354 e. The highest BCUT2D eigenvalue weighted by Gasteiger charge is 2.17. The van der Waals surface area contributed by atoms with E-state index in [1.807, 2.05) is 6.07 Å². The van der Waals surface area contributed by atoms with Gasteiger partial charge in [-0.15, -0.1) is 0 Å². The smallest absolute Gasteiger partial charge is 0.251 e. The number of piperidine rings is 1. The van der Waals surface area contributed by atoms with E-state index in [0.29, 0.717) is 12.1 Å². The lowest BCUT2D eigenvalue weighted by Crippen LogP contribution is -2.45. The third-order valence-electron chi connectivity index (χ3n) is 4.60. The normalized spacial score (nSPS) is 17.2. The summed E-state index contributed by atoms with van der Waals surface area (Å²) < 4.78 is 0. The van der Waals surface area contributed by atoms with Crippen molar-refractivity contribution in [3.05, 3.63) is 35.9 Å². The lowest BCUT2D eigenvalue weighted by atomic mass is 9.99. The Hall–Kier alpha value is -1.88. The Morgan fingerprint density at radius 2 is 1.88 bits per heavy atom. The van der Waals surface area contributed by atoms with E-state index in [1.165, 1.54) is 25.9 Å². The van der Waals surface area contributed by atoms with Crippen LogP contribution in [0.4, 0.5) is 0 Å². The standard InChI is InChI=1S/C19H29N3O2/c1-15-9-13-22(14-10-15)12-6-11-20-18(23)16(2)21-19(24)17-7-4-3-5-8-17/h3-5,7-8,15-16H,6,9-14H2,1-2H3,(H,20,23)(H,21,24). The molecule has 1 unspecified atom stereocenters. The molecule has 24 heavy (non-hydrogen) atoms. The zero-order valence-electron chi connectivity index (χ0n) is 14.8. The second-order valence-electron chi connectivity index (χ2n) is 6.73. The molecule has 2 amide bonds. The molecule has 1 aliphatic heterocycles. The average Bonchev–Trinajstić information content (AvgIpc) is 2.60. The summed E-state index contributed by atoms with van der Waals surface area (Å²) in [4.78, 5) is 26.6. The van der Waals surface area contributed by atoms with E-state index in [1.54, 1.807) is 31.2 Å². The number of nitrogens with one attached hydrogen (secondary N) is 2. The van der Waals surface area contributed by atoms with Crippen LogP contribution in [0.2, 0.25) is 0 Å². The first-order valence-corrected chi connectivity index (χ1v) is 8.92. The molecule has 1 heterocycles. The van der Waals surface area contributed by atoms with Crippen molar-refractivity contribution in [2.75, 3.05) is 26.2 Å². The summed E-state index contributed by atoms with van der Waals surface area (Å²) in [6.07, 6.45) is 3.49. The predicted molar refractivity (Wildman–Crippen MR) is 95.8 cm³/mol. The quantitative estimate of drug-likeness (QED) is 0.752. The van der Waals surface area contributed by atoms with Gasteiger partial charge in [0.15, 0.2) is 0 Å². The van der Waals surface area contributed by atoms with Crippen molar-refractivity contribution in [2.45, 2.75) is 39.2 Å². The fraction of sp³-hybridized carbons (Fsp3) is 0.579. The van der Waals surface area contributed by atoms with E-state index in [9.17, 15) is 9.59 Å². The summed E-state index contributed by atoms with van der Waals surface area (Å²) in [6, 6.07) is 8.41. The van der Waals surface area contributed by atoms with Gasteiger partial charge in [-0.3, -0.25) is 9.59 Å². The first kappa shape index (κ1) is 18.5. The van der Waals surface area contributed by atoms with Crippen molar-refractivity contribution < 1.29 is 9.59 Å². The first-order chi connectivity index (χ1) is 11.6. The topological polar surface area (TPSA) is 61.4 Å². The third-order valence-corrected chi connectivity index (χ3v) is 4.60. The summed E-state index contributed by atoms with van der Waals surface area (Å²) in [5.41, 5.74) is 0.566. The van der Waals surface area contributed by atoms with Crippen LogP contribution in [-0.2, 0) is 4.79 Å². The second-order valence-corrected chi connectivity index (χ2v) is 6.73. The number of hydrogen-bond donors (Lipinski definition) is 2. The van der Waals surface area contributed by atoms with Crippen LogP contribution in [0.25, 0.3) is 0 Å². The Morgan fingerprint density at radius 1 is 1.21 bits per heavy atom. The number of carbonyl (C=O) groups is 2. The molecule has 0 aliphatic carbocycles.